The maximum absolute atomic E-state index is 12.5. The van der Waals surface area contributed by atoms with Crippen molar-refractivity contribution >= 4 is 43.3 Å². The molecule has 1 aromatic heterocycles. The molecule has 0 spiro atoms. The van der Waals surface area contributed by atoms with Gasteiger partial charge in [-0.15, -0.1) is 0 Å². The van der Waals surface area contributed by atoms with E-state index in [4.69, 9.17) is 14.2 Å². The molecule has 0 saturated carbocycles. The predicted octanol–water partition coefficient (Wildman–Crippen LogP) is 2.96. The third-order valence-electron chi connectivity index (χ3n) is 4.92. The first-order valence-corrected chi connectivity index (χ1v) is 13.0. The molecule has 2 aromatic carbocycles. The Kier molecular flexibility index (Phi) is 8.46. The lowest BCUT2D eigenvalue weighted by atomic mass is 10.3. The lowest BCUT2D eigenvalue weighted by molar-refractivity contribution is -0.141. The Bertz CT molecular complexity index is 1340. The molecule has 0 radical (unpaired) electrons. The number of sulfone groups is 1. The number of thiazole rings is 1. The number of nitrogens with zero attached hydrogens (tertiary/aromatic N) is 2. The number of amides is 1. The van der Waals surface area contributed by atoms with Crippen molar-refractivity contribution < 1.29 is 32.2 Å². The zero-order valence-electron chi connectivity index (χ0n) is 19.1. The summed E-state index contributed by atoms with van der Waals surface area (Å²) in [6.45, 7) is 2.28. The molecule has 0 unspecified atom stereocenters. The molecule has 9 nitrogen and oxygen atoms in total. The number of aromatic nitrogens is 1. The highest BCUT2D eigenvalue weighted by Crippen LogP contribution is 2.24. The lowest BCUT2D eigenvalue weighted by Gasteiger charge is -2.06. The normalized spacial score (nSPS) is 12.0. The Balaban J connectivity index is 1.78. The van der Waals surface area contributed by atoms with Crippen molar-refractivity contribution in [2.24, 2.45) is 4.99 Å². The summed E-state index contributed by atoms with van der Waals surface area (Å²) in [5.41, 5.74) is 0.715. The van der Waals surface area contributed by atoms with E-state index in [0.29, 0.717) is 28.4 Å². The second-order valence-corrected chi connectivity index (χ2v) is 10.3. The summed E-state index contributed by atoms with van der Waals surface area (Å²) in [6, 6.07) is 11.5. The second-order valence-electron chi connectivity index (χ2n) is 7.21. The van der Waals surface area contributed by atoms with E-state index >= 15 is 0 Å². The average Bonchev–Trinajstić information content (AvgIpc) is 3.14. The number of ether oxygens (including phenoxy) is 3. The SMILES string of the molecule is CCOc1ccc2c(c1)sc(=NC(=O)CCCS(=O)(=O)c1ccc(OC)cc1)n2CC(=O)OC. The highest BCUT2D eigenvalue weighted by Gasteiger charge is 2.16. The minimum absolute atomic E-state index is 0.0496. The molecule has 1 amide bonds. The van der Waals surface area contributed by atoms with Crippen molar-refractivity contribution in [2.75, 3.05) is 26.6 Å². The summed E-state index contributed by atoms with van der Waals surface area (Å²) in [7, 11) is -0.750. The van der Waals surface area contributed by atoms with Gasteiger partial charge in [-0.05, 0) is 55.8 Å². The molecule has 0 aliphatic rings. The molecule has 11 heteroatoms. The zero-order chi connectivity index (χ0) is 24.7. The van der Waals surface area contributed by atoms with Crippen molar-refractivity contribution in [1.29, 1.82) is 0 Å². The Labute approximate surface area is 201 Å². The Hall–Kier alpha value is -3.18. The maximum Gasteiger partial charge on any atom is 0.325 e. The Morgan fingerprint density at radius 3 is 2.41 bits per heavy atom. The van der Waals surface area contributed by atoms with E-state index in [1.165, 1.54) is 37.7 Å². The molecule has 1 heterocycles. The predicted molar refractivity (Wildman–Crippen MR) is 128 cm³/mol. The van der Waals surface area contributed by atoms with E-state index in [1.807, 2.05) is 13.0 Å². The fourth-order valence-electron chi connectivity index (χ4n) is 3.22. The van der Waals surface area contributed by atoms with Crippen molar-refractivity contribution in [1.82, 2.24) is 4.57 Å². The van der Waals surface area contributed by atoms with Crippen LogP contribution in [0.2, 0.25) is 0 Å². The summed E-state index contributed by atoms with van der Waals surface area (Å²) >= 11 is 1.24. The number of benzene rings is 2. The van der Waals surface area contributed by atoms with Gasteiger partial charge in [-0.3, -0.25) is 9.59 Å². The summed E-state index contributed by atoms with van der Waals surface area (Å²) in [6.07, 6.45) is 0.0686. The molecule has 0 bridgehead atoms. The van der Waals surface area contributed by atoms with Crippen molar-refractivity contribution in [3.05, 3.63) is 47.3 Å². The number of fused-ring (bicyclic) bond motifs is 1. The van der Waals surface area contributed by atoms with Gasteiger partial charge in [-0.25, -0.2) is 8.42 Å². The van der Waals surface area contributed by atoms with Gasteiger partial charge >= 0.3 is 5.97 Å². The van der Waals surface area contributed by atoms with Crippen LogP contribution in [0.1, 0.15) is 19.8 Å². The molecule has 0 fully saturated rings. The van der Waals surface area contributed by atoms with Crippen LogP contribution in [0, 0.1) is 0 Å². The topological polar surface area (TPSA) is 113 Å². The summed E-state index contributed by atoms with van der Waals surface area (Å²) in [5, 5.41) is 0. The molecule has 0 atom stereocenters. The van der Waals surface area contributed by atoms with E-state index < -0.39 is 21.7 Å². The van der Waals surface area contributed by atoms with Gasteiger partial charge in [0.25, 0.3) is 0 Å². The first-order chi connectivity index (χ1) is 16.3. The number of hydrogen-bond acceptors (Lipinski definition) is 8. The van der Waals surface area contributed by atoms with Crippen molar-refractivity contribution in [3.8, 4) is 11.5 Å². The number of esters is 1. The van der Waals surface area contributed by atoms with Gasteiger partial charge in [0.1, 0.15) is 18.0 Å². The van der Waals surface area contributed by atoms with Gasteiger partial charge in [0.2, 0.25) is 5.91 Å². The first kappa shape index (κ1) is 25.4. The molecule has 182 valence electrons. The fourth-order valence-corrected chi connectivity index (χ4v) is 5.60. The van der Waals surface area contributed by atoms with Gasteiger partial charge in [0, 0.05) is 6.42 Å². The molecule has 34 heavy (non-hydrogen) atoms. The Morgan fingerprint density at radius 1 is 1.06 bits per heavy atom. The third kappa shape index (κ3) is 6.23. The van der Waals surface area contributed by atoms with Crippen LogP contribution in [0.25, 0.3) is 10.2 Å². The maximum atomic E-state index is 12.5. The quantitative estimate of drug-likeness (QED) is 0.389. The largest absolute Gasteiger partial charge is 0.497 e. The second kappa shape index (κ2) is 11.3. The molecular formula is C23H26N2O7S2. The lowest BCUT2D eigenvalue weighted by Crippen LogP contribution is -2.22. The monoisotopic (exact) mass is 506 g/mol. The number of rotatable bonds is 10. The van der Waals surface area contributed by atoms with Crippen LogP contribution in [-0.2, 0) is 30.7 Å². The van der Waals surface area contributed by atoms with E-state index in [9.17, 15) is 18.0 Å². The summed E-state index contributed by atoms with van der Waals surface area (Å²) in [4.78, 5) is 29.1. The van der Waals surface area contributed by atoms with Crippen molar-refractivity contribution in [3.63, 3.8) is 0 Å². The molecule has 0 N–H and O–H groups in total. The molecular weight excluding hydrogens is 480 g/mol. The highest BCUT2D eigenvalue weighted by molar-refractivity contribution is 7.91. The van der Waals surface area contributed by atoms with Crippen LogP contribution in [0.3, 0.4) is 0 Å². The van der Waals surface area contributed by atoms with Crippen LogP contribution in [0.4, 0.5) is 0 Å². The highest BCUT2D eigenvalue weighted by atomic mass is 32.2. The Morgan fingerprint density at radius 2 is 1.76 bits per heavy atom. The average molecular weight is 507 g/mol. The van der Waals surface area contributed by atoms with Crippen LogP contribution >= 0.6 is 11.3 Å². The standard InChI is InChI=1S/C23H26N2O7S2/c1-4-32-17-9-12-19-20(14-17)33-23(25(19)15-22(27)31-3)24-21(26)6-5-13-34(28,29)18-10-7-16(30-2)8-11-18/h7-12,14H,4-6,13,15H2,1-3H3. The van der Waals surface area contributed by atoms with Gasteiger partial charge in [-0.1, -0.05) is 11.3 Å². The fraction of sp³-hybridized carbons (Fsp3) is 0.348. The van der Waals surface area contributed by atoms with Crippen LogP contribution in [0.15, 0.2) is 52.4 Å². The molecule has 0 aliphatic heterocycles. The van der Waals surface area contributed by atoms with Crippen LogP contribution < -0.4 is 14.3 Å². The minimum atomic E-state index is -3.54. The molecule has 0 saturated heterocycles. The molecule has 3 aromatic rings. The van der Waals surface area contributed by atoms with Gasteiger partial charge in [0.05, 0.1) is 41.7 Å². The van der Waals surface area contributed by atoms with Crippen LogP contribution in [-0.4, -0.2) is 51.4 Å². The number of carbonyl (C=O) groups excluding carboxylic acids is 2. The van der Waals surface area contributed by atoms with E-state index in [2.05, 4.69) is 4.99 Å². The van der Waals surface area contributed by atoms with Gasteiger partial charge in [-0.2, -0.15) is 4.99 Å². The number of hydrogen-bond donors (Lipinski definition) is 0. The smallest absolute Gasteiger partial charge is 0.325 e. The number of carbonyl (C=O) groups is 2. The minimum Gasteiger partial charge on any atom is -0.497 e. The van der Waals surface area contributed by atoms with Crippen LogP contribution in [0.5, 0.6) is 11.5 Å². The van der Waals surface area contributed by atoms with E-state index in [1.54, 1.807) is 28.8 Å². The number of methoxy groups -OCH3 is 2. The van der Waals surface area contributed by atoms with Gasteiger partial charge in [0.15, 0.2) is 14.6 Å². The summed E-state index contributed by atoms with van der Waals surface area (Å²) < 4.78 is 42.8. The molecule has 0 aliphatic carbocycles. The summed E-state index contributed by atoms with van der Waals surface area (Å²) in [5.74, 6) is 0.0913. The molecule has 3 rings (SSSR count). The third-order valence-corrected chi connectivity index (χ3v) is 7.78. The van der Waals surface area contributed by atoms with Gasteiger partial charge < -0.3 is 18.8 Å². The van der Waals surface area contributed by atoms with E-state index in [0.717, 1.165) is 4.70 Å². The van der Waals surface area contributed by atoms with Crippen molar-refractivity contribution in [2.45, 2.75) is 31.2 Å². The van der Waals surface area contributed by atoms with E-state index in [-0.39, 0.29) is 30.0 Å². The zero-order valence-corrected chi connectivity index (χ0v) is 20.8. The first-order valence-electron chi connectivity index (χ1n) is 10.5.